The Balaban J connectivity index is 1.65. The summed E-state index contributed by atoms with van der Waals surface area (Å²) in [6.07, 6.45) is 5.07. The molecular weight excluding hydrogens is 364 g/mol. The van der Waals surface area contributed by atoms with Crippen molar-refractivity contribution in [3.05, 3.63) is 36.7 Å². The summed E-state index contributed by atoms with van der Waals surface area (Å²) in [4.78, 5) is 17.1. The zero-order chi connectivity index (χ0) is 19.2. The van der Waals surface area contributed by atoms with Gasteiger partial charge in [-0.25, -0.2) is 0 Å². The van der Waals surface area contributed by atoms with Gasteiger partial charge in [0.1, 0.15) is 12.3 Å². The highest BCUT2D eigenvalue weighted by molar-refractivity contribution is 7.98. The van der Waals surface area contributed by atoms with Gasteiger partial charge in [0, 0.05) is 36.4 Å². The number of nitrogens with zero attached hydrogens (tertiary/aromatic N) is 2. The number of thioether (sulfide) groups is 1. The Hall–Kier alpha value is -1.90. The second-order valence-corrected chi connectivity index (χ2v) is 7.64. The highest BCUT2D eigenvalue weighted by Crippen LogP contribution is 2.23. The lowest BCUT2D eigenvalue weighted by atomic mass is 10.2. The van der Waals surface area contributed by atoms with Crippen LogP contribution in [0.1, 0.15) is 6.92 Å². The molecule has 0 aliphatic carbocycles. The molecule has 0 radical (unpaired) electrons. The Morgan fingerprint density at radius 2 is 2.04 bits per heavy atom. The number of carbonyl (C=O) groups is 1. The molecule has 1 amide bonds. The number of ether oxygens (including phenoxy) is 2. The van der Waals surface area contributed by atoms with Gasteiger partial charge in [0.15, 0.2) is 6.23 Å². The summed E-state index contributed by atoms with van der Waals surface area (Å²) in [5, 5.41) is 3.03. The molecule has 1 fully saturated rings. The van der Waals surface area contributed by atoms with E-state index in [1.165, 1.54) is 0 Å². The predicted octanol–water partition coefficient (Wildman–Crippen LogP) is 1.67. The number of rotatable bonds is 7. The van der Waals surface area contributed by atoms with Gasteiger partial charge in [0.2, 0.25) is 5.91 Å². The molecule has 3 N–H and O–H groups in total. The molecule has 0 bridgehead atoms. The summed E-state index contributed by atoms with van der Waals surface area (Å²) in [5.74, 6) is 0.582. The first-order valence-electron chi connectivity index (χ1n) is 9.18. The Labute approximate surface area is 164 Å². The van der Waals surface area contributed by atoms with Crippen molar-refractivity contribution in [2.75, 3.05) is 48.5 Å². The number of nitrogens with one attached hydrogen (secondary N) is 1. The first-order valence-corrected chi connectivity index (χ1v) is 10.6. The standard InChI is InChI=1S/C19H28N4O3S/c1-14(20)19-23(9-12-26-19)17(13-27-2)18(24)21-15-3-5-16(6-4-15)22-7-10-25-11-8-22/h3-6,9,12,14,17,19H,7-8,10-11,13,20H2,1-2H3,(H,21,24)/t14-,17-,19?/m0/s1. The van der Waals surface area contributed by atoms with Crippen molar-refractivity contribution >= 4 is 29.0 Å². The van der Waals surface area contributed by atoms with Gasteiger partial charge in [0.25, 0.3) is 0 Å². The lowest BCUT2D eigenvalue weighted by Gasteiger charge is -2.33. The van der Waals surface area contributed by atoms with E-state index in [9.17, 15) is 4.79 Å². The third kappa shape index (κ3) is 4.88. The quantitative estimate of drug-likeness (QED) is 0.731. The van der Waals surface area contributed by atoms with Crippen molar-refractivity contribution in [3.63, 3.8) is 0 Å². The van der Waals surface area contributed by atoms with Crippen LogP contribution in [0.3, 0.4) is 0 Å². The lowest BCUT2D eigenvalue weighted by Crippen LogP contribution is -2.52. The maximum atomic E-state index is 12.9. The zero-order valence-corrected chi connectivity index (χ0v) is 16.7. The van der Waals surface area contributed by atoms with Crippen molar-refractivity contribution in [2.24, 2.45) is 5.73 Å². The Bertz CT molecular complexity index is 647. The molecule has 3 atom stereocenters. The Morgan fingerprint density at radius 1 is 1.33 bits per heavy atom. The van der Waals surface area contributed by atoms with E-state index in [1.807, 2.05) is 42.3 Å². The Morgan fingerprint density at radius 3 is 2.67 bits per heavy atom. The minimum atomic E-state index is -0.353. The summed E-state index contributed by atoms with van der Waals surface area (Å²) in [6.45, 7) is 5.16. The second kappa shape index (κ2) is 9.34. The second-order valence-electron chi connectivity index (χ2n) is 6.72. The number of morpholine rings is 1. The van der Waals surface area contributed by atoms with Crippen LogP contribution in [-0.2, 0) is 14.3 Å². The molecule has 0 spiro atoms. The van der Waals surface area contributed by atoms with Crippen LogP contribution in [0.5, 0.6) is 0 Å². The molecule has 8 heteroatoms. The molecule has 0 saturated carbocycles. The predicted molar refractivity (Wildman–Crippen MR) is 110 cm³/mol. The largest absolute Gasteiger partial charge is 0.475 e. The van der Waals surface area contributed by atoms with Crippen LogP contribution in [0.4, 0.5) is 11.4 Å². The maximum Gasteiger partial charge on any atom is 0.248 e. The van der Waals surface area contributed by atoms with Crippen LogP contribution < -0.4 is 16.0 Å². The van der Waals surface area contributed by atoms with Crippen LogP contribution in [0, 0.1) is 0 Å². The summed E-state index contributed by atoms with van der Waals surface area (Å²) >= 11 is 1.62. The molecule has 1 aromatic carbocycles. The number of anilines is 2. The Kier molecular flexibility index (Phi) is 6.87. The number of benzene rings is 1. The van der Waals surface area contributed by atoms with Crippen molar-refractivity contribution in [3.8, 4) is 0 Å². The van der Waals surface area contributed by atoms with Crippen molar-refractivity contribution in [1.29, 1.82) is 0 Å². The summed E-state index contributed by atoms with van der Waals surface area (Å²) in [6, 6.07) is 7.40. The highest BCUT2D eigenvalue weighted by Gasteiger charge is 2.34. The maximum absolute atomic E-state index is 12.9. The van der Waals surface area contributed by atoms with Crippen molar-refractivity contribution in [1.82, 2.24) is 4.90 Å². The summed E-state index contributed by atoms with van der Waals surface area (Å²) < 4.78 is 10.9. The smallest absolute Gasteiger partial charge is 0.248 e. The normalized spacial score (nSPS) is 21.7. The molecule has 7 nitrogen and oxygen atoms in total. The average Bonchev–Trinajstić information content (AvgIpc) is 3.17. The number of hydrogen-bond donors (Lipinski definition) is 2. The number of amides is 1. The van der Waals surface area contributed by atoms with E-state index < -0.39 is 0 Å². The fourth-order valence-electron chi connectivity index (χ4n) is 3.28. The van der Waals surface area contributed by atoms with Gasteiger partial charge >= 0.3 is 0 Å². The molecule has 3 rings (SSSR count). The number of nitrogens with two attached hydrogens (primary N) is 1. The first-order chi connectivity index (χ1) is 13.1. The molecule has 27 heavy (non-hydrogen) atoms. The van der Waals surface area contributed by atoms with Gasteiger partial charge in [-0.1, -0.05) is 0 Å². The topological polar surface area (TPSA) is 80.1 Å². The first kappa shape index (κ1) is 19.9. The molecular formula is C19H28N4O3S. The molecule has 1 aromatic rings. The molecule has 1 unspecified atom stereocenters. The third-order valence-corrected chi connectivity index (χ3v) is 5.34. The number of carbonyl (C=O) groups excluding carboxylic acids is 1. The molecule has 2 heterocycles. The third-order valence-electron chi connectivity index (χ3n) is 4.69. The van der Waals surface area contributed by atoms with E-state index in [-0.39, 0.29) is 24.2 Å². The van der Waals surface area contributed by atoms with Crippen LogP contribution in [0.25, 0.3) is 0 Å². The van der Waals surface area contributed by atoms with Gasteiger partial charge in [0.05, 0.1) is 19.3 Å². The average molecular weight is 393 g/mol. The molecule has 1 saturated heterocycles. The minimum absolute atomic E-state index is 0.0655. The van der Waals surface area contributed by atoms with Gasteiger partial charge in [-0.3, -0.25) is 4.79 Å². The van der Waals surface area contributed by atoms with E-state index in [0.717, 1.165) is 37.7 Å². The van der Waals surface area contributed by atoms with E-state index >= 15 is 0 Å². The van der Waals surface area contributed by atoms with Gasteiger partial charge < -0.3 is 30.3 Å². The van der Waals surface area contributed by atoms with Gasteiger partial charge in [-0.2, -0.15) is 11.8 Å². The van der Waals surface area contributed by atoms with E-state index in [4.69, 9.17) is 15.2 Å². The van der Waals surface area contributed by atoms with E-state index in [2.05, 4.69) is 10.2 Å². The van der Waals surface area contributed by atoms with Crippen LogP contribution in [-0.4, -0.2) is 67.4 Å². The fraction of sp³-hybridized carbons (Fsp3) is 0.526. The van der Waals surface area contributed by atoms with Crippen LogP contribution >= 0.6 is 11.8 Å². The van der Waals surface area contributed by atoms with Gasteiger partial charge in [-0.05, 0) is 37.4 Å². The van der Waals surface area contributed by atoms with E-state index in [1.54, 1.807) is 24.2 Å². The molecule has 2 aliphatic rings. The fourth-order valence-corrected chi connectivity index (χ4v) is 3.91. The zero-order valence-electron chi connectivity index (χ0n) is 15.8. The minimum Gasteiger partial charge on any atom is -0.475 e. The highest BCUT2D eigenvalue weighted by atomic mass is 32.2. The molecule has 148 valence electrons. The van der Waals surface area contributed by atoms with Crippen molar-refractivity contribution < 1.29 is 14.3 Å². The monoisotopic (exact) mass is 392 g/mol. The molecule has 2 aliphatic heterocycles. The molecule has 0 aromatic heterocycles. The summed E-state index contributed by atoms with van der Waals surface area (Å²) in [5.41, 5.74) is 7.93. The van der Waals surface area contributed by atoms with Crippen LogP contribution in [0.2, 0.25) is 0 Å². The SMILES string of the molecule is CSC[C@@H](C(=O)Nc1ccc(N2CCOCC2)cc1)N1C=COC1[C@H](C)N. The summed E-state index contributed by atoms with van der Waals surface area (Å²) in [7, 11) is 0. The number of hydrogen-bond acceptors (Lipinski definition) is 7. The van der Waals surface area contributed by atoms with Crippen LogP contribution in [0.15, 0.2) is 36.7 Å². The van der Waals surface area contributed by atoms with Crippen molar-refractivity contribution in [2.45, 2.75) is 25.2 Å². The van der Waals surface area contributed by atoms with Gasteiger partial charge in [-0.15, -0.1) is 0 Å². The van der Waals surface area contributed by atoms with E-state index in [0.29, 0.717) is 5.75 Å². The lowest BCUT2D eigenvalue weighted by molar-refractivity contribution is -0.122.